The maximum atomic E-state index is 12.2. The summed E-state index contributed by atoms with van der Waals surface area (Å²) in [4.78, 5) is 22.4. The molecule has 2 aromatic carbocycles. The van der Waals surface area contributed by atoms with Crippen LogP contribution in [0.15, 0.2) is 54.2 Å². The van der Waals surface area contributed by atoms with E-state index in [1.54, 1.807) is 18.2 Å². The van der Waals surface area contributed by atoms with Gasteiger partial charge in [-0.25, -0.2) is 0 Å². The highest BCUT2D eigenvalue weighted by Crippen LogP contribution is 2.29. The van der Waals surface area contributed by atoms with E-state index in [0.29, 0.717) is 5.75 Å². The number of para-hydroxylation sites is 2. The molecule has 3 N–H and O–H groups in total. The highest BCUT2D eigenvalue weighted by Gasteiger charge is 2.14. The van der Waals surface area contributed by atoms with Crippen LogP contribution in [0.5, 0.6) is 11.5 Å². The first-order valence-electron chi connectivity index (χ1n) is 7.25. The second-order valence-electron chi connectivity index (χ2n) is 4.93. The van der Waals surface area contributed by atoms with Crippen LogP contribution >= 0.6 is 0 Å². The Labute approximate surface area is 148 Å². The zero-order chi connectivity index (χ0) is 19.1. The Kier molecular flexibility index (Phi) is 5.74. The number of ether oxygens (including phenoxy) is 1. The number of hydrogen-bond donors (Lipinski definition) is 3. The minimum Gasteiger partial charge on any atom is -0.506 e. The quantitative estimate of drug-likeness (QED) is 0.238. The van der Waals surface area contributed by atoms with Crippen LogP contribution in [0.25, 0.3) is 0 Å². The van der Waals surface area contributed by atoms with Crippen LogP contribution in [-0.4, -0.2) is 23.0 Å². The molecule has 2 rings (SSSR count). The first-order chi connectivity index (χ1) is 12.5. The number of phenols is 1. The third kappa shape index (κ3) is 4.27. The molecule has 0 spiro atoms. The van der Waals surface area contributed by atoms with Crippen molar-refractivity contribution in [1.29, 1.82) is 5.26 Å². The summed E-state index contributed by atoms with van der Waals surface area (Å²) in [5.41, 5.74) is -0.128. The topological polar surface area (TPSA) is 138 Å². The average Bonchev–Trinajstić information content (AvgIpc) is 2.63. The van der Waals surface area contributed by atoms with Crippen LogP contribution in [0.4, 0.5) is 17.1 Å². The molecule has 0 aliphatic carbocycles. The fourth-order valence-corrected chi connectivity index (χ4v) is 1.99. The number of carbonyl (C=O) groups excluding carboxylic acids is 1. The number of nitro benzene ring substituents is 1. The summed E-state index contributed by atoms with van der Waals surface area (Å²) in [6.45, 7) is 0. The van der Waals surface area contributed by atoms with Gasteiger partial charge < -0.3 is 20.5 Å². The smallest absolute Gasteiger partial charge is 0.271 e. The van der Waals surface area contributed by atoms with Crippen LogP contribution < -0.4 is 15.4 Å². The Hall–Kier alpha value is -4.06. The van der Waals surface area contributed by atoms with Gasteiger partial charge in [0.2, 0.25) is 0 Å². The van der Waals surface area contributed by atoms with Crippen molar-refractivity contribution in [1.82, 2.24) is 0 Å². The summed E-state index contributed by atoms with van der Waals surface area (Å²) in [5, 5.41) is 34.8. The van der Waals surface area contributed by atoms with E-state index in [2.05, 4.69) is 10.6 Å². The van der Waals surface area contributed by atoms with Gasteiger partial charge in [0.25, 0.3) is 11.6 Å². The number of phenolic OH excluding ortho intramolecular Hbond substituents is 1. The van der Waals surface area contributed by atoms with Gasteiger partial charge in [0.15, 0.2) is 0 Å². The Morgan fingerprint density at radius 3 is 2.65 bits per heavy atom. The number of benzene rings is 2. The van der Waals surface area contributed by atoms with Gasteiger partial charge in [-0.05, 0) is 18.2 Å². The standard InChI is InChI=1S/C17H14N4O5/c1-26-16-7-6-12(21(24)25)8-14(16)19-10-11(9-18)17(23)20-13-4-2-3-5-15(13)22/h2-8,10,19,22H,1H3,(H,20,23)/b11-10-. The Balaban J connectivity index is 2.23. The van der Waals surface area contributed by atoms with Gasteiger partial charge in [-0.1, -0.05) is 12.1 Å². The minimum absolute atomic E-state index is 0.145. The maximum absolute atomic E-state index is 12.2. The van der Waals surface area contributed by atoms with Gasteiger partial charge >= 0.3 is 0 Å². The van der Waals surface area contributed by atoms with E-state index >= 15 is 0 Å². The molecule has 132 valence electrons. The van der Waals surface area contributed by atoms with Crippen LogP contribution in [0, 0.1) is 21.4 Å². The highest BCUT2D eigenvalue weighted by molar-refractivity contribution is 6.07. The fourth-order valence-electron chi connectivity index (χ4n) is 1.99. The summed E-state index contributed by atoms with van der Waals surface area (Å²) < 4.78 is 5.09. The number of non-ortho nitro benzene ring substituents is 1. The highest BCUT2D eigenvalue weighted by atomic mass is 16.6. The first-order valence-corrected chi connectivity index (χ1v) is 7.25. The maximum Gasteiger partial charge on any atom is 0.271 e. The number of anilines is 2. The third-order valence-electron chi connectivity index (χ3n) is 3.28. The van der Waals surface area contributed by atoms with Crippen molar-refractivity contribution < 1.29 is 19.6 Å². The molecule has 0 saturated carbocycles. The molecule has 0 aliphatic heterocycles. The minimum atomic E-state index is -0.758. The second kappa shape index (κ2) is 8.16. The van der Waals surface area contributed by atoms with E-state index in [1.165, 1.54) is 37.4 Å². The molecule has 26 heavy (non-hydrogen) atoms. The molecule has 0 radical (unpaired) electrons. The second-order valence-corrected chi connectivity index (χ2v) is 4.93. The molecule has 1 amide bonds. The monoisotopic (exact) mass is 354 g/mol. The zero-order valence-electron chi connectivity index (χ0n) is 13.6. The summed E-state index contributed by atoms with van der Waals surface area (Å²) in [7, 11) is 1.38. The molecular weight excluding hydrogens is 340 g/mol. The number of rotatable bonds is 6. The molecule has 0 bridgehead atoms. The lowest BCUT2D eigenvalue weighted by molar-refractivity contribution is -0.384. The van der Waals surface area contributed by atoms with Crippen LogP contribution in [-0.2, 0) is 4.79 Å². The van der Waals surface area contributed by atoms with Gasteiger partial charge in [0.1, 0.15) is 23.1 Å². The average molecular weight is 354 g/mol. The predicted molar refractivity (Wildman–Crippen MR) is 93.7 cm³/mol. The van der Waals surface area contributed by atoms with Crippen molar-refractivity contribution in [3.8, 4) is 17.6 Å². The number of nitro groups is 1. The largest absolute Gasteiger partial charge is 0.506 e. The predicted octanol–water partition coefficient (Wildman–Crippen LogP) is 2.77. The molecule has 0 saturated heterocycles. The number of carbonyl (C=O) groups is 1. The SMILES string of the molecule is COc1ccc([N+](=O)[O-])cc1N/C=C(/C#N)C(=O)Nc1ccccc1O. The van der Waals surface area contributed by atoms with E-state index in [4.69, 9.17) is 10.00 Å². The lowest BCUT2D eigenvalue weighted by Gasteiger charge is -2.09. The Bertz CT molecular complexity index is 918. The van der Waals surface area contributed by atoms with E-state index < -0.39 is 10.8 Å². The van der Waals surface area contributed by atoms with Crippen LogP contribution in [0.2, 0.25) is 0 Å². The normalized spacial score (nSPS) is 10.5. The molecule has 2 aromatic rings. The van der Waals surface area contributed by atoms with E-state index in [9.17, 15) is 20.0 Å². The number of aromatic hydroxyl groups is 1. The number of nitriles is 1. The number of amides is 1. The number of nitrogens with zero attached hydrogens (tertiary/aromatic N) is 2. The van der Waals surface area contributed by atoms with Gasteiger partial charge in [-0.3, -0.25) is 14.9 Å². The van der Waals surface area contributed by atoms with Gasteiger partial charge in [0, 0.05) is 18.3 Å². The molecule has 0 aliphatic rings. The Morgan fingerprint density at radius 2 is 2.04 bits per heavy atom. The van der Waals surface area contributed by atoms with Gasteiger partial charge in [-0.15, -0.1) is 0 Å². The van der Waals surface area contributed by atoms with Crippen LogP contribution in [0.3, 0.4) is 0 Å². The summed E-state index contributed by atoms with van der Waals surface area (Å²) >= 11 is 0. The van der Waals surface area contributed by atoms with Crippen molar-refractivity contribution in [3.63, 3.8) is 0 Å². The molecule has 0 fully saturated rings. The Morgan fingerprint density at radius 1 is 1.31 bits per heavy atom. The fraction of sp³-hybridized carbons (Fsp3) is 0.0588. The summed E-state index contributed by atoms with van der Waals surface area (Å²) in [6, 6.07) is 11.6. The number of hydrogen-bond acceptors (Lipinski definition) is 7. The van der Waals surface area contributed by atoms with Crippen molar-refractivity contribution in [2.24, 2.45) is 0 Å². The van der Waals surface area contributed by atoms with Crippen molar-refractivity contribution in [2.75, 3.05) is 17.7 Å². The van der Waals surface area contributed by atoms with Gasteiger partial charge in [0.05, 0.1) is 23.4 Å². The number of methoxy groups -OCH3 is 1. The van der Waals surface area contributed by atoms with Crippen LogP contribution in [0.1, 0.15) is 0 Å². The molecular formula is C17H14N4O5. The first kappa shape index (κ1) is 18.3. The van der Waals surface area contributed by atoms with Crippen molar-refractivity contribution in [2.45, 2.75) is 0 Å². The molecule has 9 heteroatoms. The lowest BCUT2D eigenvalue weighted by atomic mass is 10.2. The molecule has 0 unspecified atom stereocenters. The van der Waals surface area contributed by atoms with Crippen molar-refractivity contribution in [3.05, 3.63) is 64.4 Å². The van der Waals surface area contributed by atoms with E-state index in [0.717, 1.165) is 6.20 Å². The molecule has 0 heterocycles. The number of nitrogens with one attached hydrogen (secondary N) is 2. The van der Waals surface area contributed by atoms with Crippen molar-refractivity contribution >= 4 is 23.0 Å². The van der Waals surface area contributed by atoms with E-state index in [-0.39, 0.29) is 28.4 Å². The molecule has 0 aromatic heterocycles. The summed E-state index contributed by atoms with van der Waals surface area (Å²) in [6.07, 6.45) is 1.09. The van der Waals surface area contributed by atoms with E-state index in [1.807, 2.05) is 0 Å². The van der Waals surface area contributed by atoms with Gasteiger partial charge in [-0.2, -0.15) is 5.26 Å². The molecule has 0 atom stereocenters. The zero-order valence-corrected chi connectivity index (χ0v) is 13.6. The third-order valence-corrected chi connectivity index (χ3v) is 3.28. The summed E-state index contributed by atoms with van der Waals surface area (Å²) in [5.74, 6) is -0.609. The lowest BCUT2D eigenvalue weighted by Crippen LogP contribution is -2.14. The molecule has 9 nitrogen and oxygen atoms in total.